The second kappa shape index (κ2) is 9.15. The number of carboxylic acid groups (broad SMARTS) is 1. The summed E-state index contributed by atoms with van der Waals surface area (Å²) in [5, 5.41) is 11.4. The van der Waals surface area contributed by atoms with Gasteiger partial charge in [0.1, 0.15) is 5.78 Å². The minimum absolute atomic E-state index is 0. The lowest BCUT2D eigenvalue weighted by atomic mass is 10.1. The minimum Gasteiger partial charge on any atom is -0.479 e. The van der Waals surface area contributed by atoms with E-state index in [9.17, 15) is 19.0 Å². The largest absolute Gasteiger partial charge is 0.479 e. The Labute approximate surface area is 126 Å². The fourth-order valence-corrected chi connectivity index (χ4v) is 3.57. The Balaban J connectivity index is 0. The molecule has 0 radical (unpaired) electrons. The molecule has 0 spiro atoms. The number of carboxylic acids is 1. The first-order valence-electron chi connectivity index (χ1n) is 6.82. The van der Waals surface area contributed by atoms with E-state index in [1.54, 1.807) is 13.8 Å². The number of rotatable bonds is 10. The van der Waals surface area contributed by atoms with Crippen LogP contribution in [0.2, 0.25) is 0 Å². The van der Waals surface area contributed by atoms with Crippen molar-refractivity contribution in [1.29, 1.82) is 0 Å². The molecule has 126 valence electrons. The second-order valence-electron chi connectivity index (χ2n) is 5.17. The number of nitrogens with two attached hydrogens (primary N) is 1. The highest BCUT2D eigenvalue weighted by molar-refractivity contribution is 7.53. The molecule has 1 amide bonds. The smallest absolute Gasteiger partial charge is 0.351 e. The van der Waals surface area contributed by atoms with E-state index in [4.69, 9.17) is 15.4 Å². The number of nitrogens with one attached hydrogen (secondary N) is 1. The van der Waals surface area contributed by atoms with Gasteiger partial charge in [-0.05, 0) is 31.7 Å². The first kappa shape index (κ1) is 20.1. The third kappa shape index (κ3) is 7.57. The molecule has 9 heteroatoms. The Morgan fingerprint density at radius 1 is 1.38 bits per heavy atom. The average molecular weight is 326 g/mol. The second-order valence-corrected chi connectivity index (χ2v) is 7.07. The van der Waals surface area contributed by atoms with Crippen LogP contribution in [0.1, 0.15) is 41.5 Å². The van der Waals surface area contributed by atoms with E-state index >= 15 is 0 Å². The van der Waals surface area contributed by atoms with Crippen LogP contribution >= 0.6 is 7.60 Å². The first-order valence-corrected chi connectivity index (χ1v) is 8.47. The summed E-state index contributed by atoms with van der Waals surface area (Å²) < 4.78 is 17.2. The van der Waals surface area contributed by atoms with E-state index in [0.29, 0.717) is 19.4 Å². The van der Waals surface area contributed by atoms with Gasteiger partial charge in [0.15, 0.2) is 6.10 Å². The predicted octanol–water partition coefficient (Wildman–Crippen LogP) is 1.13. The zero-order valence-corrected chi connectivity index (χ0v) is 13.5. The van der Waals surface area contributed by atoms with Gasteiger partial charge < -0.3 is 21.1 Å². The number of unbranched alkanes of at least 4 members (excludes halogenated alkanes) is 1. The monoisotopic (exact) mass is 326 g/mol. The van der Waals surface area contributed by atoms with Crippen molar-refractivity contribution in [3.8, 4) is 0 Å². The summed E-state index contributed by atoms with van der Waals surface area (Å²) in [6, 6.07) is 0. The maximum Gasteiger partial charge on any atom is 0.351 e. The third-order valence-corrected chi connectivity index (χ3v) is 4.79. The van der Waals surface area contributed by atoms with Gasteiger partial charge >= 0.3 is 13.6 Å². The number of carbonyl (C=O) groups excluding carboxylic acids is 1. The molecule has 0 rings (SSSR count). The minimum atomic E-state index is -4.32. The van der Waals surface area contributed by atoms with Gasteiger partial charge in [-0.1, -0.05) is 13.8 Å². The van der Waals surface area contributed by atoms with Crippen molar-refractivity contribution in [2.75, 3.05) is 6.54 Å². The molecule has 0 aromatic heterocycles. The molecule has 0 heterocycles. The number of carbonyl (C=O) groups is 2. The maximum absolute atomic E-state index is 12.3. The van der Waals surface area contributed by atoms with E-state index < -0.39 is 31.4 Å². The van der Waals surface area contributed by atoms with Crippen LogP contribution in [0, 0.1) is 5.92 Å². The van der Waals surface area contributed by atoms with Crippen LogP contribution in [0.4, 0.5) is 0 Å². The maximum atomic E-state index is 12.3. The molecule has 0 aliphatic rings. The lowest BCUT2D eigenvalue weighted by Gasteiger charge is -2.28. The van der Waals surface area contributed by atoms with Crippen LogP contribution in [0.5, 0.6) is 0 Å². The molecule has 0 bridgehead atoms. The zero-order chi connectivity index (χ0) is 16.6. The van der Waals surface area contributed by atoms with Crippen molar-refractivity contribution < 1.29 is 30.1 Å². The van der Waals surface area contributed by atoms with Crippen molar-refractivity contribution in [2.45, 2.75) is 51.9 Å². The molecule has 0 saturated heterocycles. The molecule has 0 aliphatic carbocycles. The van der Waals surface area contributed by atoms with Crippen molar-refractivity contribution in [1.82, 2.24) is 5.32 Å². The number of hydrogen-bond donors (Lipinski definition) is 4. The molecule has 0 aliphatic heterocycles. The first-order chi connectivity index (χ1) is 9.61. The summed E-state index contributed by atoms with van der Waals surface area (Å²) in [6.07, 6.45) is -0.244. The quantitative estimate of drug-likeness (QED) is 0.348. The van der Waals surface area contributed by atoms with E-state index in [0.717, 1.165) is 0 Å². The zero-order valence-electron chi connectivity index (χ0n) is 12.6. The van der Waals surface area contributed by atoms with Gasteiger partial charge in [-0.2, -0.15) is 0 Å². The fourth-order valence-electron chi connectivity index (χ4n) is 1.78. The van der Waals surface area contributed by atoms with Crippen LogP contribution in [-0.2, 0) is 18.7 Å². The van der Waals surface area contributed by atoms with Gasteiger partial charge in [-0.3, -0.25) is 13.9 Å². The van der Waals surface area contributed by atoms with Crippen LogP contribution in [0.25, 0.3) is 0 Å². The number of aliphatic carboxylic acids is 1. The SMILES string of the molecule is CC(=O)NC(C(C)C)P(=O)(O)OC(CCCCN)C(=O)O.[HH]. The molecule has 0 fully saturated rings. The summed E-state index contributed by atoms with van der Waals surface area (Å²) in [5.74, 6) is -3.33. The highest BCUT2D eigenvalue weighted by Crippen LogP contribution is 2.50. The molecule has 0 aromatic rings. The normalized spacial score (nSPS) is 17.0. The van der Waals surface area contributed by atoms with Crippen molar-refractivity contribution in [2.24, 2.45) is 11.7 Å². The van der Waals surface area contributed by atoms with E-state index in [1.165, 1.54) is 6.92 Å². The van der Waals surface area contributed by atoms with Crippen molar-refractivity contribution >= 4 is 19.5 Å². The summed E-state index contributed by atoms with van der Waals surface area (Å²) in [4.78, 5) is 32.2. The van der Waals surface area contributed by atoms with Crippen molar-refractivity contribution in [3.05, 3.63) is 0 Å². The Bertz CT molecular complexity index is 407. The number of hydrogen-bond acceptors (Lipinski definition) is 5. The summed E-state index contributed by atoms with van der Waals surface area (Å²) in [7, 11) is -4.32. The standard InChI is InChI=1S/C12H25N2O6P.H2/c1-8(2)11(14-9(3)15)21(18,19)20-10(12(16)17)6-4-5-7-13;/h8,10-11H,4-7,13H2,1-3H3,(H,14,15)(H,16,17)(H,18,19);1H. The molecular weight excluding hydrogens is 299 g/mol. The molecule has 0 aromatic carbocycles. The molecule has 5 N–H and O–H groups in total. The van der Waals surface area contributed by atoms with E-state index in [-0.39, 0.29) is 13.8 Å². The Kier molecular flexibility index (Phi) is 8.73. The highest BCUT2D eigenvalue weighted by Gasteiger charge is 2.39. The van der Waals surface area contributed by atoms with E-state index in [1.807, 2.05) is 0 Å². The molecule has 3 atom stereocenters. The van der Waals surface area contributed by atoms with Gasteiger partial charge in [0.2, 0.25) is 5.91 Å². The van der Waals surface area contributed by atoms with Gasteiger partial charge in [0, 0.05) is 8.35 Å². The van der Waals surface area contributed by atoms with Gasteiger partial charge in [-0.25, -0.2) is 4.79 Å². The van der Waals surface area contributed by atoms with Crippen LogP contribution < -0.4 is 11.1 Å². The number of amides is 1. The topological polar surface area (TPSA) is 139 Å². The molecule has 3 unspecified atom stereocenters. The van der Waals surface area contributed by atoms with Crippen LogP contribution in [0.3, 0.4) is 0 Å². The Morgan fingerprint density at radius 2 is 1.95 bits per heavy atom. The Morgan fingerprint density at radius 3 is 2.33 bits per heavy atom. The summed E-state index contributed by atoms with van der Waals surface area (Å²) in [6.45, 7) is 4.89. The van der Waals surface area contributed by atoms with E-state index in [2.05, 4.69) is 5.32 Å². The summed E-state index contributed by atoms with van der Waals surface area (Å²) >= 11 is 0. The molecule has 8 nitrogen and oxygen atoms in total. The molecule has 21 heavy (non-hydrogen) atoms. The third-order valence-electron chi connectivity index (χ3n) is 2.81. The Hall–Kier alpha value is -0.950. The lowest BCUT2D eigenvalue weighted by Crippen LogP contribution is -2.39. The van der Waals surface area contributed by atoms with Gasteiger partial charge in [0.05, 0.1) is 0 Å². The van der Waals surface area contributed by atoms with Gasteiger partial charge in [-0.15, -0.1) is 0 Å². The van der Waals surface area contributed by atoms with Crippen LogP contribution in [0.15, 0.2) is 0 Å². The van der Waals surface area contributed by atoms with Crippen LogP contribution in [-0.4, -0.2) is 40.3 Å². The average Bonchev–Trinajstić information content (AvgIpc) is 2.34. The molecular formula is C12H27N2O6P. The van der Waals surface area contributed by atoms with Crippen molar-refractivity contribution in [3.63, 3.8) is 0 Å². The lowest BCUT2D eigenvalue weighted by molar-refractivity contribution is -0.145. The highest BCUT2D eigenvalue weighted by atomic mass is 31.2. The molecule has 0 saturated carbocycles. The summed E-state index contributed by atoms with van der Waals surface area (Å²) in [5.41, 5.74) is 5.32. The fraction of sp³-hybridized carbons (Fsp3) is 0.833. The predicted molar refractivity (Wildman–Crippen MR) is 79.8 cm³/mol. The van der Waals surface area contributed by atoms with Gasteiger partial charge in [0.25, 0.3) is 0 Å².